The van der Waals surface area contributed by atoms with Gasteiger partial charge in [-0.3, -0.25) is 0 Å². The normalized spacial score (nSPS) is 12.5. The zero-order valence-corrected chi connectivity index (χ0v) is 13.6. The summed E-state index contributed by atoms with van der Waals surface area (Å²) in [5.74, 6) is 0. The van der Waals surface area contributed by atoms with Gasteiger partial charge in [0.2, 0.25) is 0 Å². The lowest BCUT2D eigenvalue weighted by atomic mass is 10.2. The molecule has 0 aliphatic carbocycles. The summed E-state index contributed by atoms with van der Waals surface area (Å²) in [5, 5.41) is 13.7. The number of aliphatic hydroxyl groups is 1. The molecule has 1 unspecified atom stereocenters. The molecule has 0 fully saturated rings. The van der Waals surface area contributed by atoms with Gasteiger partial charge in [-0.05, 0) is 31.2 Å². The van der Waals surface area contributed by atoms with E-state index in [-0.39, 0.29) is 0 Å². The van der Waals surface area contributed by atoms with Crippen molar-refractivity contribution in [3.05, 3.63) is 46.3 Å². The van der Waals surface area contributed by atoms with Gasteiger partial charge in [-0.15, -0.1) is 11.3 Å². The average Bonchev–Trinajstić information content (AvgIpc) is 2.93. The van der Waals surface area contributed by atoms with Gasteiger partial charge >= 0.3 is 0 Å². The highest BCUT2D eigenvalue weighted by Gasteiger charge is 2.07. The van der Waals surface area contributed by atoms with E-state index in [4.69, 9.17) is 16.3 Å². The maximum atomic E-state index is 9.55. The summed E-state index contributed by atoms with van der Waals surface area (Å²) in [4.78, 5) is 2.43. The molecule has 0 bridgehead atoms. The second-order valence-electron chi connectivity index (χ2n) is 4.82. The topological polar surface area (TPSA) is 41.5 Å². The zero-order chi connectivity index (χ0) is 15.1. The number of rotatable bonds is 8. The Bertz CT molecular complexity index is 559. The van der Waals surface area contributed by atoms with E-state index in [2.05, 4.69) is 17.4 Å². The molecule has 0 saturated heterocycles. The molecule has 2 aromatic rings. The van der Waals surface area contributed by atoms with Crippen molar-refractivity contribution < 1.29 is 9.84 Å². The van der Waals surface area contributed by atoms with E-state index in [0.717, 1.165) is 23.7 Å². The van der Waals surface area contributed by atoms with E-state index in [1.54, 1.807) is 18.4 Å². The molecule has 0 aliphatic heterocycles. The van der Waals surface area contributed by atoms with E-state index < -0.39 is 6.10 Å². The summed E-state index contributed by atoms with van der Waals surface area (Å²) < 4.78 is 4.89. The second-order valence-corrected chi connectivity index (χ2v) is 6.40. The maximum absolute atomic E-state index is 9.55. The first-order valence-electron chi connectivity index (χ1n) is 6.92. The Morgan fingerprint density at radius 3 is 2.86 bits per heavy atom. The molecule has 0 aliphatic rings. The van der Waals surface area contributed by atoms with Gasteiger partial charge in [0.1, 0.15) is 0 Å². The van der Waals surface area contributed by atoms with Gasteiger partial charge < -0.3 is 15.2 Å². The van der Waals surface area contributed by atoms with E-state index in [1.165, 1.54) is 9.75 Å². The summed E-state index contributed by atoms with van der Waals surface area (Å²) in [6, 6.07) is 12.1. The van der Waals surface area contributed by atoms with Crippen molar-refractivity contribution in [2.24, 2.45) is 0 Å². The highest BCUT2D eigenvalue weighted by Crippen LogP contribution is 2.33. The molecule has 1 aromatic heterocycles. The van der Waals surface area contributed by atoms with Crippen molar-refractivity contribution >= 4 is 22.9 Å². The lowest BCUT2D eigenvalue weighted by Gasteiger charge is -2.09. The van der Waals surface area contributed by atoms with E-state index >= 15 is 0 Å². The highest BCUT2D eigenvalue weighted by molar-refractivity contribution is 7.15. The molecule has 1 heterocycles. The van der Waals surface area contributed by atoms with Crippen LogP contribution in [-0.2, 0) is 11.3 Å². The molecule has 21 heavy (non-hydrogen) atoms. The molecule has 2 N–H and O–H groups in total. The molecular weight excluding hydrogens is 306 g/mol. The lowest BCUT2D eigenvalue weighted by Crippen LogP contribution is -2.22. The van der Waals surface area contributed by atoms with Gasteiger partial charge in [0, 0.05) is 34.0 Å². The van der Waals surface area contributed by atoms with Gasteiger partial charge in [-0.2, -0.15) is 0 Å². The summed E-state index contributed by atoms with van der Waals surface area (Å²) in [7, 11) is 1.60. The summed E-state index contributed by atoms with van der Waals surface area (Å²) in [6.45, 7) is 1.95. The fourth-order valence-electron chi connectivity index (χ4n) is 2.03. The van der Waals surface area contributed by atoms with Crippen LogP contribution in [0, 0.1) is 0 Å². The van der Waals surface area contributed by atoms with Crippen molar-refractivity contribution in [2.45, 2.75) is 19.1 Å². The first kappa shape index (κ1) is 16.5. The molecule has 3 nitrogen and oxygen atoms in total. The smallest absolute Gasteiger partial charge is 0.0785 e. The number of hydrogen-bond donors (Lipinski definition) is 2. The zero-order valence-electron chi connectivity index (χ0n) is 12.0. The van der Waals surface area contributed by atoms with Crippen LogP contribution >= 0.6 is 22.9 Å². The Morgan fingerprint density at radius 1 is 1.29 bits per heavy atom. The van der Waals surface area contributed by atoms with E-state index in [9.17, 15) is 5.11 Å². The Labute approximate surface area is 134 Å². The Kier molecular flexibility index (Phi) is 6.67. The minimum atomic E-state index is -0.399. The van der Waals surface area contributed by atoms with Crippen LogP contribution < -0.4 is 5.32 Å². The van der Waals surface area contributed by atoms with Crippen molar-refractivity contribution in [3.63, 3.8) is 0 Å². The number of aliphatic hydroxyl groups excluding tert-OH is 1. The largest absolute Gasteiger partial charge is 0.391 e. The van der Waals surface area contributed by atoms with Crippen molar-refractivity contribution in [2.75, 3.05) is 20.3 Å². The summed E-state index contributed by atoms with van der Waals surface area (Å²) in [6.07, 6.45) is 0.292. The third-order valence-corrected chi connectivity index (χ3v) is 4.56. The minimum absolute atomic E-state index is 0.386. The van der Waals surface area contributed by atoms with Gasteiger partial charge in [-0.1, -0.05) is 29.8 Å². The van der Waals surface area contributed by atoms with Crippen LogP contribution in [0.3, 0.4) is 0 Å². The molecule has 0 saturated carbocycles. The van der Waals surface area contributed by atoms with Crippen LogP contribution in [-0.4, -0.2) is 31.5 Å². The molecule has 0 amide bonds. The van der Waals surface area contributed by atoms with Gasteiger partial charge in [0.25, 0.3) is 0 Å². The van der Waals surface area contributed by atoms with E-state index in [0.29, 0.717) is 13.0 Å². The number of thiophene rings is 1. The number of methoxy groups -OCH3 is 1. The molecule has 0 spiro atoms. The fourth-order valence-corrected chi connectivity index (χ4v) is 3.35. The summed E-state index contributed by atoms with van der Waals surface area (Å²) in [5.41, 5.74) is 1.07. The predicted octanol–water partition coefficient (Wildman–Crippen LogP) is 3.56. The molecule has 1 aromatic carbocycles. The van der Waals surface area contributed by atoms with Crippen molar-refractivity contribution in [1.82, 2.24) is 5.32 Å². The molecular formula is C16H20ClNO2S. The second kappa shape index (κ2) is 8.51. The van der Waals surface area contributed by atoms with Crippen LogP contribution in [0.25, 0.3) is 10.4 Å². The first-order chi connectivity index (χ1) is 10.2. The molecule has 2 rings (SSSR count). The fraction of sp³-hybridized carbons (Fsp3) is 0.375. The third kappa shape index (κ3) is 5.09. The SMILES string of the molecule is COCC(O)CCNCc1ccc(-c2ccccc2Cl)s1. The number of benzene rings is 1. The Hall–Kier alpha value is -0.910. The van der Waals surface area contributed by atoms with Crippen molar-refractivity contribution in [3.8, 4) is 10.4 Å². The lowest BCUT2D eigenvalue weighted by molar-refractivity contribution is 0.0594. The molecule has 1 atom stereocenters. The van der Waals surface area contributed by atoms with Gasteiger partial charge in [0.05, 0.1) is 12.7 Å². The standard InChI is InChI=1S/C16H20ClNO2S/c1-20-11-12(19)8-9-18-10-13-6-7-16(21-13)14-4-2-3-5-15(14)17/h2-7,12,18-19H,8-11H2,1H3. The number of nitrogens with one attached hydrogen (secondary N) is 1. The molecule has 5 heteroatoms. The number of hydrogen-bond acceptors (Lipinski definition) is 4. The third-order valence-electron chi connectivity index (χ3n) is 3.11. The minimum Gasteiger partial charge on any atom is -0.391 e. The summed E-state index contributed by atoms with van der Waals surface area (Å²) >= 11 is 7.95. The maximum Gasteiger partial charge on any atom is 0.0785 e. The Morgan fingerprint density at radius 2 is 2.10 bits per heavy atom. The number of ether oxygens (including phenoxy) is 1. The van der Waals surface area contributed by atoms with Gasteiger partial charge in [0.15, 0.2) is 0 Å². The van der Waals surface area contributed by atoms with Crippen LogP contribution in [0.2, 0.25) is 5.02 Å². The quantitative estimate of drug-likeness (QED) is 0.729. The van der Waals surface area contributed by atoms with Crippen LogP contribution in [0.1, 0.15) is 11.3 Å². The monoisotopic (exact) mass is 325 g/mol. The molecule has 0 radical (unpaired) electrons. The Balaban J connectivity index is 1.83. The predicted molar refractivity (Wildman–Crippen MR) is 89.0 cm³/mol. The molecule has 114 valence electrons. The van der Waals surface area contributed by atoms with Gasteiger partial charge in [-0.25, -0.2) is 0 Å². The van der Waals surface area contributed by atoms with Crippen LogP contribution in [0.5, 0.6) is 0 Å². The van der Waals surface area contributed by atoms with E-state index in [1.807, 2.05) is 24.3 Å². The van der Waals surface area contributed by atoms with Crippen molar-refractivity contribution in [1.29, 1.82) is 0 Å². The van der Waals surface area contributed by atoms with Crippen LogP contribution in [0.15, 0.2) is 36.4 Å². The first-order valence-corrected chi connectivity index (χ1v) is 8.11. The number of halogens is 1. The van der Waals surface area contributed by atoms with Crippen LogP contribution in [0.4, 0.5) is 0 Å². The average molecular weight is 326 g/mol. The highest BCUT2D eigenvalue weighted by atomic mass is 35.5.